The maximum Gasteiger partial charge on any atom is 0.465 e. The van der Waals surface area contributed by atoms with E-state index in [1.807, 2.05) is 0 Å². The molecule has 1 heterocycles. The van der Waals surface area contributed by atoms with Crippen molar-refractivity contribution in [2.24, 2.45) is 35.5 Å². The van der Waals surface area contributed by atoms with Crippen LogP contribution in [0.5, 0.6) is 0 Å². The highest BCUT2D eigenvalue weighted by atomic mass is 32.2. The molecule has 12 heteroatoms. The second-order valence-corrected chi connectivity index (χ2v) is 12.6. The lowest BCUT2D eigenvalue weighted by atomic mass is 9.53. The first-order valence-corrected chi connectivity index (χ1v) is 13.4. The molecule has 1 saturated heterocycles. The number of alkyl halides is 2. The Hall–Kier alpha value is -1.37. The van der Waals surface area contributed by atoms with E-state index in [4.69, 9.17) is 23.5 Å². The number of rotatable bonds is 8. The second kappa shape index (κ2) is 7.57. The van der Waals surface area contributed by atoms with Gasteiger partial charge in [0.05, 0.1) is 30.8 Å². The Labute approximate surface area is 195 Å². The number of hydrogen-bond acceptors (Lipinski definition) is 8. The van der Waals surface area contributed by atoms with Crippen molar-refractivity contribution in [1.29, 1.82) is 0 Å². The highest BCUT2D eigenvalue weighted by Crippen LogP contribution is 2.58. The molecule has 7 unspecified atom stereocenters. The molecule has 0 amide bonds. The molecule has 0 aromatic heterocycles. The predicted molar refractivity (Wildman–Crippen MR) is 108 cm³/mol. The van der Waals surface area contributed by atoms with Crippen LogP contribution in [0.15, 0.2) is 0 Å². The molecule has 6 bridgehead atoms. The van der Waals surface area contributed by atoms with E-state index in [0.717, 1.165) is 19.3 Å². The summed E-state index contributed by atoms with van der Waals surface area (Å²) in [4.78, 5) is 23.8. The number of carbonyl (C=O) groups is 2. The van der Waals surface area contributed by atoms with Crippen LogP contribution in [0.3, 0.4) is 0 Å². The van der Waals surface area contributed by atoms with Crippen molar-refractivity contribution < 1.29 is 50.3 Å². The van der Waals surface area contributed by atoms with Crippen molar-refractivity contribution in [2.75, 3.05) is 13.2 Å². The Balaban J connectivity index is 1.04. The van der Waals surface area contributed by atoms with Crippen molar-refractivity contribution in [2.45, 2.75) is 74.1 Å². The van der Waals surface area contributed by atoms with Crippen LogP contribution in [0.2, 0.25) is 0 Å². The summed E-state index contributed by atoms with van der Waals surface area (Å²) in [6, 6.07) is 0. The highest BCUT2D eigenvalue weighted by Gasteiger charge is 2.63. The van der Waals surface area contributed by atoms with Gasteiger partial charge in [0.25, 0.3) is 0 Å². The summed E-state index contributed by atoms with van der Waals surface area (Å²) in [6.07, 6.45) is 4.07. The second-order valence-electron chi connectivity index (χ2n) is 11.1. The van der Waals surface area contributed by atoms with Gasteiger partial charge in [-0.1, -0.05) is 0 Å². The Morgan fingerprint density at radius 3 is 2.44 bits per heavy atom. The van der Waals surface area contributed by atoms with Gasteiger partial charge in [0.2, 0.25) is 0 Å². The minimum Gasteiger partial charge on any atom is -0.459 e. The molecule has 34 heavy (non-hydrogen) atoms. The summed E-state index contributed by atoms with van der Waals surface area (Å²) in [7, 11) is -5.90. The van der Waals surface area contributed by atoms with E-state index < -0.39 is 33.0 Å². The van der Waals surface area contributed by atoms with Gasteiger partial charge in [-0.25, -0.2) is 4.79 Å². The van der Waals surface area contributed by atoms with Gasteiger partial charge in [-0.3, -0.25) is 9.35 Å². The zero-order valence-electron chi connectivity index (χ0n) is 18.4. The summed E-state index contributed by atoms with van der Waals surface area (Å²) in [5.41, 5.74) is -0.437. The maximum atomic E-state index is 13.7. The molecule has 7 aliphatic rings. The molecule has 7 fully saturated rings. The number of carbonyl (C=O) groups excluding carboxylic acids is 2. The van der Waals surface area contributed by atoms with Crippen LogP contribution in [0.1, 0.15) is 44.9 Å². The van der Waals surface area contributed by atoms with Crippen LogP contribution < -0.4 is 0 Å². The van der Waals surface area contributed by atoms with Gasteiger partial charge >= 0.3 is 27.3 Å². The Kier molecular flexibility index (Phi) is 5.13. The van der Waals surface area contributed by atoms with Gasteiger partial charge in [-0.2, -0.15) is 17.2 Å². The molecule has 190 valence electrons. The summed E-state index contributed by atoms with van der Waals surface area (Å²) in [5.74, 6) is -1.73. The highest BCUT2D eigenvalue weighted by molar-refractivity contribution is 7.87. The molecule has 1 aliphatic heterocycles. The van der Waals surface area contributed by atoms with Crippen LogP contribution in [0.4, 0.5) is 8.78 Å². The number of hydrogen-bond donors (Lipinski definition) is 1. The summed E-state index contributed by atoms with van der Waals surface area (Å²) in [6.45, 7) is 0.725. The van der Waals surface area contributed by atoms with Gasteiger partial charge in [0.1, 0.15) is 12.2 Å². The third-order valence-corrected chi connectivity index (χ3v) is 9.97. The summed E-state index contributed by atoms with van der Waals surface area (Å²) in [5, 5.41) is -4.99. The van der Waals surface area contributed by atoms with Crippen LogP contribution in [-0.2, 0) is 38.7 Å². The molecular weight excluding hydrogens is 478 g/mol. The number of ether oxygens (including phenoxy) is 4. The van der Waals surface area contributed by atoms with Gasteiger partial charge in [0.15, 0.2) is 0 Å². The van der Waals surface area contributed by atoms with E-state index in [9.17, 15) is 26.8 Å². The first kappa shape index (κ1) is 23.1. The lowest BCUT2D eigenvalue weighted by molar-refractivity contribution is -0.224. The summed E-state index contributed by atoms with van der Waals surface area (Å²) >= 11 is 0. The molecule has 6 saturated carbocycles. The van der Waals surface area contributed by atoms with E-state index in [2.05, 4.69) is 0 Å². The fourth-order valence-corrected chi connectivity index (χ4v) is 8.40. The predicted octanol–water partition coefficient (Wildman–Crippen LogP) is 1.94. The molecule has 6 aliphatic carbocycles. The third kappa shape index (κ3) is 3.42. The fraction of sp³-hybridized carbons (Fsp3) is 0.909. The topological polar surface area (TPSA) is 125 Å². The maximum absolute atomic E-state index is 13.7. The van der Waals surface area contributed by atoms with E-state index in [0.29, 0.717) is 50.7 Å². The fourth-order valence-electron chi connectivity index (χ4n) is 8.14. The number of fused-ring (bicyclic) bond motifs is 1. The third-order valence-electron chi connectivity index (χ3n) is 9.15. The Morgan fingerprint density at radius 1 is 1.06 bits per heavy atom. The normalized spacial score (nSPS) is 46.2. The largest absolute Gasteiger partial charge is 0.465 e. The first-order valence-electron chi connectivity index (χ1n) is 12.0. The molecule has 7 atom stereocenters. The zero-order valence-corrected chi connectivity index (χ0v) is 19.3. The Bertz CT molecular complexity index is 984. The van der Waals surface area contributed by atoms with Crippen molar-refractivity contribution in [3.63, 3.8) is 0 Å². The van der Waals surface area contributed by atoms with Gasteiger partial charge in [-0.15, -0.1) is 0 Å². The quantitative estimate of drug-likeness (QED) is 0.299. The van der Waals surface area contributed by atoms with Gasteiger partial charge in [-0.05, 0) is 68.6 Å². The molecule has 0 spiro atoms. The average Bonchev–Trinajstić information content (AvgIpc) is 3.37. The van der Waals surface area contributed by atoms with Crippen molar-refractivity contribution in [3.8, 4) is 0 Å². The van der Waals surface area contributed by atoms with E-state index in [1.54, 1.807) is 0 Å². The zero-order chi connectivity index (χ0) is 24.0. The summed E-state index contributed by atoms with van der Waals surface area (Å²) < 4.78 is 80.7. The Morgan fingerprint density at radius 2 is 1.76 bits per heavy atom. The SMILES string of the molecule is O=C1OC2C3CC(CC13)C2OCCOC12CC3CC(C1)C(OC(=O)C(F)(F)S(=O)(=O)O)C(C3)C2. The minimum atomic E-state index is -5.90. The minimum absolute atomic E-state index is 0.0395. The van der Waals surface area contributed by atoms with E-state index in [1.165, 1.54) is 0 Å². The molecule has 1 N–H and O–H groups in total. The lowest BCUT2D eigenvalue weighted by Gasteiger charge is -2.58. The van der Waals surface area contributed by atoms with E-state index >= 15 is 0 Å². The lowest BCUT2D eigenvalue weighted by Crippen LogP contribution is -2.59. The van der Waals surface area contributed by atoms with Crippen molar-refractivity contribution in [1.82, 2.24) is 0 Å². The van der Waals surface area contributed by atoms with Crippen LogP contribution in [-0.4, -0.2) is 67.3 Å². The van der Waals surface area contributed by atoms with E-state index in [-0.39, 0.29) is 41.8 Å². The van der Waals surface area contributed by atoms with Crippen LogP contribution in [0, 0.1) is 35.5 Å². The van der Waals surface area contributed by atoms with Gasteiger partial charge in [0, 0.05) is 5.92 Å². The van der Waals surface area contributed by atoms with Crippen molar-refractivity contribution in [3.05, 3.63) is 0 Å². The molecular formula is C22H28F2O9S. The monoisotopic (exact) mass is 506 g/mol. The van der Waals surface area contributed by atoms with Crippen LogP contribution in [0.25, 0.3) is 0 Å². The molecule has 7 rings (SSSR count). The smallest absolute Gasteiger partial charge is 0.459 e. The number of esters is 2. The average molecular weight is 507 g/mol. The molecule has 9 nitrogen and oxygen atoms in total. The molecule has 0 aromatic rings. The van der Waals surface area contributed by atoms with Crippen LogP contribution >= 0.6 is 0 Å². The first-order chi connectivity index (χ1) is 16.0. The molecule has 0 aromatic carbocycles. The van der Waals surface area contributed by atoms with Crippen molar-refractivity contribution >= 4 is 22.1 Å². The standard InChI is InChI=1S/C22H28F2O9S/c23-22(24,34(27,28)29)20(26)33-16-12-3-10-4-13(16)9-21(7-10,8-12)31-2-1-30-17-11-5-14-15(6-11)19(25)32-18(14)17/h10-18H,1-9H2,(H,27,28,29). The molecule has 0 radical (unpaired) electrons. The van der Waals surface area contributed by atoms with Gasteiger partial charge < -0.3 is 18.9 Å². The number of halogens is 2.